The van der Waals surface area contributed by atoms with E-state index in [4.69, 9.17) is 71.1 Å². The van der Waals surface area contributed by atoms with Gasteiger partial charge in [-0.3, -0.25) is 44.2 Å². The van der Waals surface area contributed by atoms with Crippen LogP contribution in [0.3, 0.4) is 0 Å². The number of fused-ring (bicyclic) bond motifs is 4. The normalized spacial score (nSPS) is 24.1. The molecule has 38 nitrogen and oxygen atoms in total. The summed E-state index contributed by atoms with van der Waals surface area (Å²) in [5, 5.41) is 100. The van der Waals surface area contributed by atoms with E-state index in [1.807, 2.05) is 0 Å². The van der Waals surface area contributed by atoms with Crippen molar-refractivity contribution in [2.75, 3.05) is 184 Å². The quantitative estimate of drug-likeness (QED) is 0.0128. The highest BCUT2D eigenvalue weighted by molar-refractivity contribution is 5.82. The first kappa shape index (κ1) is 85.6. The van der Waals surface area contributed by atoms with Gasteiger partial charge in [-0.1, -0.05) is 0 Å². The van der Waals surface area contributed by atoms with Gasteiger partial charge in [0.1, 0.15) is 60.0 Å². The average Bonchev–Trinajstić information content (AvgIpc) is 1.64. The van der Waals surface area contributed by atoms with Crippen molar-refractivity contribution in [1.29, 1.82) is 0 Å². The molecule has 12 atom stereocenters. The zero-order chi connectivity index (χ0) is 74.0. The molecule has 4 bridgehead atoms. The standard InChI is InChI=1S/C57H88F6N8O30/c58-56(59,60)52(81)68-44-46(77)48(79)54(33-98-50(44)100-54)31-96-27-24-93-21-19-90-16-14-88-11-8-65-40(74)5-3-38(72)43(67-42(76)30-95-26-23-92-18-13-87-10-7-64-36-2-1-35(70(83)84)29-37(36)71(85)86)39(73)4-6-41(75)66-9-12-89-15-17-91-20-22-94-25-28-97-32-55-34-99-51(101-55)45(47(78)49(55)80)69-53(82)57(61,62)63/h1-2,29,38-39,43-51,64,72-73,77-80H,3-28,30-34H2,(H,65,74)(H,66,75)(H,67,76)(H,68,81)(H,69,82)/t38?,39?,43?,44-,45-,46-,47-,48-,49-,50+,51+,54+,55+/m1/s1. The van der Waals surface area contributed by atoms with Crippen molar-refractivity contribution in [2.24, 2.45) is 0 Å². The maximum absolute atomic E-state index is 13.0. The van der Waals surface area contributed by atoms with Crippen LogP contribution >= 0.6 is 0 Å². The largest absolute Gasteiger partial charge is 0.471 e. The second kappa shape index (κ2) is 43.9. The minimum atomic E-state index is -5.24. The molecule has 4 saturated heterocycles. The SMILES string of the molecule is O=C(CCC(O)C(NC(=O)COCCOCCOCCNc1ccc([N+](=O)[O-])cc1[N+](=O)[O-])C(O)CCC(=O)NCCOCCOCCOCCOC[C@@]12CO[C@@H](O1)[C@H](NC(=O)C(F)(F)F)[C@@H](O)[C@H]2O)NCCOCCOCCOCCOC[C@@]12CO[C@@H](O1)[C@H](NC(=O)C(F)(F)F)[C@@H](O)[C@H]2O. The van der Waals surface area contributed by atoms with Crippen molar-refractivity contribution in [1.82, 2.24) is 26.6 Å². The van der Waals surface area contributed by atoms with E-state index in [-0.39, 0.29) is 203 Å². The lowest BCUT2D eigenvalue weighted by atomic mass is 9.88. The van der Waals surface area contributed by atoms with Gasteiger partial charge >= 0.3 is 24.2 Å². The summed E-state index contributed by atoms with van der Waals surface area (Å²) < 4.78 is 158. The van der Waals surface area contributed by atoms with Crippen LogP contribution in [0.5, 0.6) is 0 Å². The third-order valence-electron chi connectivity index (χ3n) is 15.3. The fourth-order valence-electron chi connectivity index (χ4n) is 10.0. The summed E-state index contributed by atoms with van der Waals surface area (Å²) >= 11 is 0. The Hall–Kier alpha value is -6.09. The Kier molecular flexibility index (Phi) is 37.2. The molecule has 1 aromatic rings. The molecule has 578 valence electrons. The topological polar surface area (TPSA) is 504 Å². The summed E-state index contributed by atoms with van der Waals surface area (Å²) in [6.07, 6.45) is -24.6. The van der Waals surface area contributed by atoms with Gasteiger partial charge in [-0.2, -0.15) is 26.3 Å². The van der Waals surface area contributed by atoms with E-state index in [1.165, 1.54) is 6.07 Å². The molecule has 5 rings (SSSR count). The molecule has 4 aliphatic rings. The first-order chi connectivity index (χ1) is 48.1. The summed E-state index contributed by atoms with van der Waals surface area (Å²) in [6, 6.07) is -1.56. The molecule has 4 heterocycles. The molecular weight excluding hydrogens is 1390 g/mol. The molecule has 0 aliphatic carbocycles. The molecule has 44 heteroatoms. The Labute approximate surface area is 572 Å². The van der Waals surface area contributed by atoms with E-state index >= 15 is 0 Å². The Morgan fingerprint density at radius 1 is 0.525 bits per heavy atom. The lowest BCUT2D eigenvalue weighted by Crippen LogP contribution is -2.67. The Morgan fingerprint density at radius 3 is 1.27 bits per heavy atom. The molecule has 0 saturated carbocycles. The summed E-state index contributed by atoms with van der Waals surface area (Å²) in [4.78, 5) is 82.1. The lowest BCUT2D eigenvalue weighted by molar-refractivity contribution is -0.393. The van der Waals surface area contributed by atoms with Crippen molar-refractivity contribution in [2.45, 2.75) is 117 Å². The Morgan fingerprint density at radius 2 is 0.891 bits per heavy atom. The number of halogens is 6. The third kappa shape index (κ3) is 29.2. The van der Waals surface area contributed by atoms with Crippen LogP contribution < -0.4 is 31.9 Å². The zero-order valence-corrected chi connectivity index (χ0v) is 54.6. The molecular formula is C57H88F6N8O30. The number of non-ortho nitro benzene ring substituents is 1. The number of nitrogens with one attached hydrogen (secondary N) is 6. The number of rotatable bonds is 53. The molecule has 4 fully saturated rings. The number of nitrogens with zero attached hydrogens (tertiary/aromatic N) is 2. The van der Waals surface area contributed by atoms with Gasteiger partial charge < -0.3 is 134 Å². The number of aliphatic hydroxyl groups is 6. The van der Waals surface area contributed by atoms with Gasteiger partial charge in [0, 0.05) is 38.5 Å². The van der Waals surface area contributed by atoms with Crippen LogP contribution in [0.4, 0.5) is 43.4 Å². The first-order valence-corrected chi connectivity index (χ1v) is 31.9. The van der Waals surface area contributed by atoms with E-state index in [0.717, 1.165) is 12.1 Å². The van der Waals surface area contributed by atoms with Gasteiger partial charge in [0.15, 0.2) is 12.6 Å². The summed E-state index contributed by atoms with van der Waals surface area (Å²) in [5.74, 6) is -6.43. The minimum absolute atomic E-state index is 0.00933. The fraction of sp³-hybridized carbons (Fsp3) is 0.807. The van der Waals surface area contributed by atoms with Crippen LogP contribution in [0.15, 0.2) is 18.2 Å². The number of hydrogen-bond donors (Lipinski definition) is 12. The Bertz CT molecular complexity index is 2590. The number of nitro groups is 2. The van der Waals surface area contributed by atoms with Gasteiger partial charge in [-0.25, -0.2) is 0 Å². The van der Waals surface area contributed by atoms with Gasteiger partial charge in [0.2, 0.25) is 17.7 Å². The summed E-state index contributed by atoms with van der Waals surface area (Å²) in [5.41, 5.74) is -4.04. The fourth-order valence-corrected chi connectivity index (χ4v) is 10.0. The van der Waals surface area contributed by atoms with Crippen LogP contribution in [0.25, 0.3) is 0 Å². The molecule has 5 amide bonds. The van der Waals surface area contributed by atoms with E-state index in [0.29, 0.717) is 0 Å². The zero-order valence-electron chi connectivity index (χ0n) is 54.6. The molecule has 101 heavy (non-hydrogen) atoms. The van der Waals surface area contributed by atoms with Crippen LogP contribution in [0.1, 0.15) is 25.7 Å². The predicted octanol–water partition coefficient (Wildman–Crippen LogP) is -4.11. The highest BCUT2D eigenvalue weighted by Gasteiger charge is 2.62. The van der Waals surface area contributed by atoms with Crippen molar-refractivity contribution >= 4 is 46.6 Å². The number of alkyl halides is 6. The van der Waals surface area contributed by atoms with Gasteiger partial charge in [-0.05, 0) is 18.9 Å². The van der Waals surface area contributed by atoms with Gasteiger partial charge in [0.25, 0.3) is 11.4 Å². The van der Waals surface area contributed by atoms with Crippen LogP contribution in [0.2, 0.25) is 0 Å². The Balaban J connectivity index is 0.905. The van der Waals surface area contributed by atoms with Crippen molar-refractivity contribution in [3.05, 3.63) is 38.4 Å². The summed E-state index contributed by atoms with van der Waals surface area (Å²) in [6.45, 7) is 0.129. The monoisotopic (exact) mass is 1480 g/mol. The number of anilines is 1. The lowest BCUT2D eigenvalue weighted by Gasteiger charge is -2.42. The number of carbonyl (C=O) groups excluding carboxylic acids is 5. The van der Waals surface area contributed by atoms with Crippen molar-refractivity contribution in [3.63, 3.8) is 0 Å². The number of hydrogen-bond acceptors (Lipinski definition) is 31. The van der Waals surface area contributed by atoms with E-state index < -0.39 is 148 Å². The molecule has 0 radical (unpaired) electrons. The van der Waals surface area contributed by atoms with Crippen LogP contribution in [-0.4, -0.2) is 339 Å². The maximum Gasteiger partial charge on any atom is 0.471 e. The average molecular weight is 1480 g/mol. The van der Waals surface area contributed by atoms with E-state index in [1.54, 1.807) is 10.6 Å². The van der Waals surface area contributed by atoms with Crippen LogP contribution in [-0.2, 0) is 95.0 Å². The molecule has 12 N–H and O–H groups in total. The number of amides is 5. The van der Waals surface area contributed by atoms with E-state index in [2.05, 4.69) is 21.3 Å². The molecule has 1 aromatic carbocycles. The molecule has 0 spiro atoms. The second-order valence-electron chi connectivity index (χ2n) is 22.8. The van der Waals surface area contributed by atoms with E-state index in [9.17, 15) is 101 Å². The van der Waals surface area contributed by atoms with Gasteiger partial charge in [-0.15, -0.1) is 0 Å². The highest BCUT2D eigenvalue weighted by Crippen LogP contribution is 2.39. The molecule has 4 aliphatic heterocycles. The maximum atomic E-state index is 13.0. The van der Waals surface area contributed by atoms with Crippen molar-refractivity contribution < 1.29 is 162 Å². The number of ether oxygens (including phenoxy) is 15. The number of carbonyl (C=O) groups is 5. The predicted molar refractivity (Wildman–Crippen MR) is 323 cm³/mol. The summed E-state index contributed by atoms with van der Waals surface area (Å²) in [7, 11) is 0. The number of aliphatic hydroxyl groups excluding tert-OH is 6. The van der Waals surface area contributed by atoms with Crippen LogP contribution in [0, 0.1) is 20.2 Å². The van der Waals surface area contributed by atoms with Crippen molar-refractivity contribution in [3.8, 4) is 0 Å². The number of nitro benzene ring substituents is 2. The van der Waals surface area contributed by atoms with Gasteiger partial charge in [0.05, 0.1) is 186 Å². The minimum Gasteiger partial charge on any atom is -0.391 e. The third-order valence-corrected chi connectivity index (χ3v) is 15.3. The smallest absolute Gasteiger partial charge is 0.391 e. The molecule has 2 unspecified atom stereocenters. The first-order valence-electron chi connectivity index (χ1n) is 31.9. The highest BCUT2D eigenvalue weighted by atomic mass is 19.4. The second-order valence-corrected chi connectivity index (χ2v) is 22.8. The number of benzene rings is 1. The molecule has 0 aromatic heterocycles.